The molecule has 0 saturated heterocycles. The number of nitrogens with one attached hydrogen (secondary N) is 1. The molecule has 1 aromatic carbocycles. The summed E-state index contributed by atoms with van der Waals surface area (Å²) in [5.41, 5.74) is 0.537. The van der Waals surface area contributed by atoms with Gasteiger partial charge in [-0.25, -0.2) is 0 Å². The minimum atomic E-state index is -0.813. The first-order chi connectivity index (χ1) is 10.7. The molecule has 0 amide bonds. The summed E-state index contributed by atoms with van der Waals surface area (Å²) in [5.74, 6) is 0.634. The highest BCUT2D eigenvalue weighted by Crippen LogP contribution is 2.22. The second-order valence-corrected chi connectivity index (χ2v) is 6.38. The summed E-state index contributed by atoms with van der Waals surface area (Å²) < 4.78 is 5.57. The van der Waals surface area contributed by atoms with Gasteiger partial charge in [-0.1, -0.05) is 17.7 Å². The number of rotatable bonds is 10. The minimum absolute atomic E-state index is 0.00129. The molecular formula is C15H23ClN2O5. The van der Waals surface area contributed by atoms with Gasteiger partial charge in [0.2, 0.25) is 0 Å². The van der Waals surface area contributed by atoms with Crippen LogP contribution in [0.15, 0.2) is 18.2 Å². The van der Waals surface area contributed by atoms with Crippen LogP contribution in [0.25, 0.3) is 0 Å². The lowest BCUT2D eigenvalue weighted by atomic mass is 10.0. The third-order valence-electron chi connectivity index (χ3n) is 3.32. The molecule has 8 heteroatoms. The smallest absolute Gasteiger partial charge is 0.294 e. The number of β-amino-alcohol motifs (C(OH)–C–C–N with tert-alkyl or cyclic N) is 1. The van der Waals surface area contributed by atoms with E-state index in [1.54, 1.807) is 12.1 Å². The summed E-state index contributed by atoms with van der Waals surface area (Å²) in [6.45, 7) is 6.08. The van der Waals surface area contributed by atoms with Crippen LogP contribution in [0.3, 0.4) is 0 Å². The lowest BCUT2D eigenvalue weighted by Crippen LogP contribution is -2.45. The van der Waals surface area contributed by atoms with E-state index in [0.29, 0.717) is 23.7 Å². The van der Waals surface area contributed by atoms with Crippen molar-refractivity contribution >= 4 is 11.6 Å². The Morgan fingerprint density at radius 2 is 2.17 bits per heavy atom. The molecule has 0 heterocycles. The molecule has 1 aromatic rings. The molecule has 0 radical (unpaired) electrons. The van der Waals surface area contributed by atoms with E-state index in [0.717, 1.165) is 5.56 Å². The Hall–Kier alpha value is -1.57. The second-order valence-electron chi connectivity index (χ2n) is 5.95. The van der Waals surface area contributed by atoms with E-state index in [9.17, 15) is 15.2 Å². The number of aryl methyl sites for hydroxylation is 1. The summed E-state index contributed by atoms with van der Waals surface area (Å²) in [4.78, 5) is 14.4. The first-order valence-electron chi connectivity index (χ1n) is 7.29. The highest BCUT2D eigenvalue weighted by molar-refractivity contribution is 6.30. The van der Waals surface area contributed by atoms with Crippen molar-refractivity contribution in [2.24, 2.45) is 0 Å². The maximum absolute atomic E-state index is 10.1. The molecular weight excluding hydrogens is 324 g/mol. The standard InChI is InChI=1S/C15H23ClN2O5/c1-11-4-5-12(16)8-14(11)22-10-13(19)9-17-15(2,3)6-7-23-18(20)21/h4-5,8,13,17,19H,6-7,9-10H2,1-3H3. The SMILES string of the molecule is Cc1ccc(Cl)cc1OCC(O)CNC(C)(C)CCO[N+](=O)[O-]. The Bertz CT molecular complexity index is 525. The highest BCUT2D eigenvalue weighted by Gasteiger charge is 2.19. The first-order valence-corrected chi connectivity index (χ1v) is 7.67. The Labute approximate surface area is 140 Å². The van der Waals surface area contributed by atoms with Gasteiger partial charge in [0.1, 0.15) is 18.5 Å². The largest absolute Gasteiger partial charge is 0.491 e. The molecule has 23 heavy (non-hydrogen) atoms. The topological polar surface area (TPSA) is 93.9 Å². The minimum Gasteiger partial charge on any atom is -0.491 e. The van der Waals surface area contributed by atoms with E-state index < -0.39 is 16.7 Å². The monoisotopic (exact) mass is 346 g/mol. The average molecular weight is 347 g/mol. The van der Waals surface area contributed by atoms with Gasteiger partial charge in [0.05, 0.1) is 6.61 Å². The summed E-state index contributed by atoms with van der Waals surface area (Å²) in [6, 6.07) is 5.33. The molecule has 2 N–H and O–H groups in total. The summed E-state index contributed by atoms with van der Waals surface area (Å²) in [5, 5.41) is 23.0. The highest BCUT2D eigenvalue weighted by atomic mass is 35.5. The lowest BCUT2D eigenvalue weighted by Gasteiger charge is -2.27. The molecule has 1 rings (SSSR count). The molecule has 0 aliphatic rings. The Morgan fingerprint density at radius 3 is 2.83 bits per heavy atom. The van der Waals surface area contributed by atoms with Gasteiger partial charge in [-0.3, -0.25) is 0 Å². The number of ether oxygens (including phenoxy) is 1. The van der Waals surface area contributed by atoms with Crippen LogP contribution in [0.2, 0.25) is 5.02 Å². The third-order valence-corrected chi connectivity index (χ3v) is 3.56. The summed E-state index contributed by atoms with van der Waals surface area (Å²) in [7, 11) is 0. The fourth-order valence-electron chi connectivity index (χ4n) is 1.83. The van der Waals surface area contributed by atoms with Crippen LogP contribution in [-0.2, 0) is 4.84 Å². The molecule has 0 spiro atoms. The van der Waals surface area contributed by atoms with Gasteiger partial charge < -0.3 is 20.0 Å². The van der Waals surface area contributed by atoms with Gasteiger partial charge in [-0.05, 0) is 44.9 Å². The fourth-order valence-corrected chi connectivity index (χ4v) is 1.99. The van der Waals surface area contributed by atoms with Crippen molar-refractivity contribution in [3.8, 4) is 5.75 Å². The Kier molecular flexibility index (Phi) is 7.54. The quantitative estimate of drug-likeness (QED) is 0.499. The molecule has 0 bridgehead atoms. The molecule has 130 valence electrons. The van der Waals surface area contributed by atoms with Crippen molar-refractivity contribution in [1.29, 1.82) is 0 Å². The third kappa shape index (κ3) is 8.01. The van der Waals surface area contributed by atoms with Crippen LogP contribution in [0.4, 0.5) is 0 Å². The van der Waals surface area contributed by atoms with E-state index in [2.05, 4.69) is 10.2 Å². The van der Waals surface area contributed by atoms with Crippen molar-refractivity contribution in [2.45, 2.75) is 38.8 Å². The van der Waals surface area contributed by atoms with Crippen LogP contribution in [0.5, 0.6) is 5.75 Å². The van der Waals surface area contributed by atoms with Crippen molar-refractivity contribution in [3.05, 3.63) is 38.9 Å². The van der Waals surface area contributed by atoms with Gasteiger partial charge >= 0.3 is 0 Å². The molecule has 0 aliphatic carbocycles. The molecule has 7 nitrogen and oxygen atoms in total. The molecule has 1 atom stereocenters. The van der Waals surface area contributed by atoms with Gasteiger partial charge in [-0.15, -0.1) is 10.1 Å². The van der Waals surface area contributed by atoms with E-state index in [1.165, 1.54) is 0 Å². The summed E-state index contributed by atoms with van der Waals surface area (Å²) in [6.07, 6.45) is -0.279. The van der Waals surface area contributed by atoms with E-state index in [1.807, 2.05) is 26.8 Å². The zero-order valence-electron chi connectivity index (χ0n) is 13.5. The van der Waals surface area contributed by atoms with Gasteiger partial charge in [0, 0.05) is 17.1 Å². The van der Waals surface area contributed by atoms with Crippen LogP contribution in [-0.4, -0.2) is 41.6 Å². The van der Waals surface area contributed by atoms with Crippen LogP contribution >= 0.6 is 11.6 Å². The number of hydrogen-bond acceptors (Lipinski definition) is 6. The maximum Gasteiger partial charge on any atom is 0.294 e. The van der Waals surface area contributed by atoms with E-state index >= 15 is 0 Å². The first kappa shape index (κ1) is 19.5. The number of benzene rings is 1. The van der Waals surface area contributed by atoms with Crippen LogP contribution < -0.4 is 10.1 Å². The van der Waals surface area contributed by atoms with E-state index in [4.69, 9.17) is 16.3 Å². The van der Waals surface area contributed by atoms with Crippen molar-refractivity contribution in [1.82, 2.24) is 5.32 Å². The van der Waals surface area contributed by atoms with Crippen molar-refractivity contribution < 1.29 is 19.8 Å². The Balaban J connectivity index is 2.34. The maximum atomic E-state index is 10.1. The van der Waals surface area contributed by atoms with Crippen LogP contribution in [0.1, 0.15) is 25.8 Å². The predicted molar refractivity (Wildman–Crippen MR) is 87.3 cm³/mol. The molecule has 0 fully saturated rings. The number of aliphatic hydroxyl groups excluding tert-OH is 1. The number of aliphatic hydroxyl groups is 1. The van der Waals surface area contributed by atoms with Gasteiger partial charge in [0.15, 0.2) is 0 Å². The normalized spacial score (nSPS) is 12.7. The van der Waals surface area contributed by atoms with Gasteiger partial charge in [0.25, 0.3) is 5.09 Å². The number of halogens is 1. The van der Waals surface area contributed by atoms with Crippen molar-refractivity contribution in [3.63, 3.8) is 0 Å². The molecule has 0 aliphatic heterocycles. The Morgan fingerprint density at radius 1 is 1.48 bits per heavy atom. The zero-order chi connectivity index (χ0) is 17.5. The molecule has 1 unspecified atom stereocenters. The van der Waals surface area contributed by atoms with Crippen molar-refractivity contribution in [2.75, 3.05) is 19.8 Å². The predicted octanol–water partition coefficient (Wildman–Crippen LogP) is 2.35. The number of hydrogen-bond donors (Lipinski definition) is 2. The molecule has 0 aromatic heterocycles. The second kappa shape index (κ2) is 8.90. The summed E-state index contributed by atoms with van der Waals surface area (Å²) >= 11 is 5.91. The zero-order valence-corrected chi connectivity index (χ0v) is 14.3. The fraction of sp³-hybridized carbons (Fsp3) is 0.600. The van der Waals surface area contributed by atoms with E-state index in [-0.39, 0.29) is 13.2 Å². The number of nitrogens with zero attached hydrogens (tertiary/aromatic N) is 1. The van der Waals surface area contributed by atoms with Crippen LogP contribution in [0, 0.1) is 17.0 Å². The lowest BCUT2D eigenvalue weighted by molar-refractivity contribution is -0.758. The van der Waals surface area contributed by atoms with Gasteiger partial charge in [-0.2, -0.15) is 0 Å². The molecule has 0 saturated carbocycles. The average Bonchev–Trinajstić information content (AvgIpc) is 2.45.